The molecule has 1 aliphatic carbocycles. The van der Waals surface area contributed by atoms with Gasteiger partial charge in [-0.25, -0.2) is 0 Å². The van der Waals surface area contributed by atoms with Crippen molar-refractivity contribution in [3.63, 3.8) is 0 Å². The molecule has 1 atom stereocenters. The summed E-state index contributed by atoms with van der Waals surface area (Å²) in [4.78, 5) is 12.3. The number of rotatable bonds is 3. The average molecular weight is 329 g/mol. The Bertz CT molecular complexity index is 674. The Labute approximate surface area is 126 Å². The Morgan fingerprint density at radius 2 is 1.70 bits per heavy atom. The highest BCUT2D eigenvalue weighted by Crippen LogP contribution is 2.53. The topological polar surface area (TPSA) is 26.3 Å². The first-order chi connectivity index (χ1) is 9.68. The van der Waals surface area contributed by atoms with E-state index >= 15 is 0 Å². The first-order valence-corrected chi connectivity index (χ1v) is 7.11. The number of halogens is 1. The number of hydrogen-bond acceptors (Lipinski definition) is 2. The van der Waals surface area contributed by atoms with Crippen LogP contribution in [0.4, 0.5) is 0 Å². The van der Waals surface area contributed by atoms with Crippen molar-refractivity contribution in [3.8, 4) is 0 Å². The van der Waals surface area contributed by atoms with Gasteiger partial charge in [-0.1, -0.05) is 64.5 Å². The highest BCUT2D eigenvalue weighted by Gasteiger charge is 2.53. The molecule has 0 spiro atoms. The summed E-state index contributed by atoms with van der Waals surface area (Å²) in [6.07, 6.45) is 1.97. The fourth-order valence-electron chi connectivity index (χ4n) is 2.51. The molecule has 0 unspecified atom stereocenters. The van der Waals surface area contributed by atoms with E-state index in [2.05, 4.69) is 15.9 Å². The first kappa shape index (κ1) is 13.1. The van der Waals surface area contributed by atoms with Gasteiger partial charge in [-0.3, -0.25) is 4.79 Å². The Hall–Kier alpha value is -1.87. The maximum atomic E-state index is 12.3. The molecule has 2 aromatic rings. The SMILES string of the molecule is COC(=O)[C@]1(c2ccc(Br)cc2)C=C1c1ccccc1. The van der Waals surface area contributed by atoms with Crippen molar-refractivity contribution in [3.05, 3.63) is 76.3 Å². The summed E-state index contributed by atoms with van der Waals surface area (Å²) in [5, 5.41) is 0. The number of methoxy groups -OCH3 is 1. The van der Waals surface area contributed by atoms with Crippen LogP contribution < -0.4 is 0 Å². The Morgan fingerprint density at radius 3 is 2.30 bits per heavy atom. The maximum Gasteiger partial charge on any atom is 0.324 e. The first-order valence-electron chi connectivity index (χ1n) is 6.31. The van der Waals surface area contributed by atoms with Crippen LogP contribution in [0.25, 0.3) is 5.57 Å². The van der Waals surface area contributed by atoms with Crippen molar-refractivity contribution in [2.24, 2.45) is 0 Å². The van der Waals surface area contributed by atoms with E-state index in [4.69, 9.17) is 4.74 Å². The minimum atomic E-state index is -0.725. The van der Waals surface area contributed by atoms with Gasteiger partial charge in [0.15, 0.2) is 0 Å². The summed E-state index contributed by atoms with van der Waals surface area (Å²) in [6, 6.07) is 17.7. The lowest BCUT2D eigenvalue weighted by atomic mass is 9.88. The van der Waals surface area contributed by atoms with Gasteiger partial charge in [0.05, 0.1) is 7.11 Å². The molecule has 1 aliphatic rings. The molecule has 0 radical (unpaired) electrons. The lowest BCUT2D eigenvalue weighted by molar-refractivity contribution is -0.142. The van der Waals surface area contributed by atoms with Gasteiger partial charge in [-0.2, -0.15) is 0 Å². The zero-order valence-electron chi connectivity index (χ0n) is 11.0. The molecule has 0 aromatic heterocycles. The third kappa shape index (κ3) is 1.98. The number of esters is 1. The molecular weight excluding hydrogens is 316 g/mol. The van der Waals surface area contributed by atoms with Crippen LogP contribution in [0.15, 0.2) is 65.1 Å². The number of carbonyl (C=O) groups is 1. The fourth-order valence-corrected chi connectivity index (χ4v) is 2.77. The monoisotopic (exact) mass is 328 g/mol. The summed E-state index contributed by atoms with van der Waals surface area (Å²) in [5.74, 6) is -0.237. The van der Waals surface area contributed by atoms with Gasteiger partial charge < -0.3 is 4.74 Å². The molecule has 3 heteroatoms. The van der Waals surface area contributed by atoms with Crippen LogP contribution in [0.1, 0.15) is 11.1 Å². The largest absolute Gasteiger partial charge is 0.468 e. The quantitative estimate of drug-likeness (QED) is 0.797. The van der Waals surface area contributed by atoms with E-state index < -0.39 is 5.41 Å². The molecule has 0 bridgehead atoms. The fraction of sp³-hybridized carbons (Fsp3) is 0.118. The van der Waals surface area contributed by atoms with Crippen LogP contribution in [0.5, 0.6) is 0 Å². The van der Waals surface area contributed by atoms with Crippen LogP contribution in [-0.2, 0) is 14.9 Å². The molecule has 2 aromatic carbocycles. The summed E-state index contributed by atoms with van der Waals surface area (Å²) in [7, 11) is 1.43. The van der Waals surface area contributed by atoms with E-state index in [0.29, 0.717) is 0 Å². The smallest absolute Gasteiger partial charge is 0.324 e. The van der Waals surface area contributed by atoms with Crippen molar-refractivity contribution in [1.82, 2.24) is 0 Å². The van der Waals surface area contributed by atoms with Gasteiger partial charge in [-0.15, -0.1) is 0 Å². The molecule has 20 heavy (non-hydrogen) atoms. The zero-order valence-corrected chi connectivity index (χ0v) is 12.6. The van der Waals surface area contributed by atoms with E-state index in [1.165, 1.54) is 7.11 Å². The van der Waals surface area contributed by atoms with E-state index in [9.17, 15) is 4.79 Å². The lowest BCUT2D eigenvalue weighted by Crippen LogP contribution is -2.25. The summed E-state index contributed by atoms with van der Waals surface area (Å²) in [5.41, 5.74) is 2.27. The standard InChI is InChI=1S/C17H13BrO2/c1-20-16(19)17(13-7-9-14(18)10-8-13)11-15(17)12-5-3-2-4-6-12/h2-11H,1H3/t17-/m0/s1. The predicted molar refractivity (Wildman–Crippen MR) is 82.3 cm³/mol. The second kappa shape index (κ2) is 4.91. The van der Waals surface area contributed by atoms with E-state index in [0.717, 1.165) is 21.2 Å². The van der Waals surface area contributed by atoms with Gasteiger partial charge in [0.2, 0.25) is 0 Å². The maximum absolute atomic E-state index is 12.3. The second-order valence-electron chi connectivity index (χ2n) is 4.73. The molecular formula is C17H13BrO2. The number of carbonyl (C=O) groups excluding carboxylic acids is 1. The lowest BCUT2D eigenvalue weighted by Gasteiger charge is -2.17. The van der Waals surface area contributed by atoms with Crippen molar-refractivity contribution in [2.75, 3.05) is 7.11 Å². The molecule has 0 aliphatic heterocycles. The average Bonchev–Trinajstić information content (AvgIpc) is 3.25. The Balaban J connectivity index is 2.02. The molecule has 100 valence electrons. The Morgan fingerprint density at radius 1 is 1.05 bits per heavy atom. The zero-order chi connectivity index (χ0) is 14.2. The van der Waals surface area contributed by atoms with Crippen LogP contribution in [0.2, 0.25) is 0 Å². The van der Waals surface area contributed by atoms with Gasteiger partial charge in [0.25, 0.3) is 0 Å². The third-order valence-corrected chi connectivity index (χ3v) is 4.12. The van der Waals surface area contributed by atoms with Gasteiger partial charge in [0.1, 0.15) is 5.41 Å². The van der Waals surface area contributed by atoms with E-state index in [1.54, 1.807) is 0 Å². The highest BCUT2D eigenvalue weighted by molar-refractivity contribution is 9.10. The van der Waals surface area contributed by atoms with Crippen LogP contribution in [0.3, 0.4) is 0 Å². The van der Waals surface area contributed by atoms with Crippen molar-refractivity contribution >= 4 is 27.5 Å². The summed E-state index contributed by atoms with van der Waals surface area (Å²) in [6.45, 7) is 0. The molecule has 0 N–H and O–H groups in total. The highest BCUT2D eigenvalue weighted by atomic mass is 79.9. The summed E-state index contributed by atoms with van der Waals surface area (Å²) < 4.78 is 6.00. The number of ether oxygens (including phenoxy) is 1. The van der Waals surface area contributed by atoms with Gasteiger partial charge in [-0.05, 0) is 28.8 Å². The predicted octanol–water partition coefficient (Wildman–Crippen LogP) is 3.96. The van der Waals surface area contributed by atoms with Crippen LogP contribution in [-0.4, -0.2) is 13.1 Å². The van der Waals surface area contributed by atoms with Crippen LogP contribution >= 0.6 is 15.9 Å². The molecule has 3 rings (SSSR count). The third-order valence-electron chi connectivity index (χ3n) is 3.59. The normalized spacial score (nSPS) is 20.2. The minimum absolute atomic E-state index is 0.237. The van der Waals surface area contributed by atoms with Gasteiger partial charge in [0, 0.05) is 4.47 Å². The van der Waals surface area contributed by atoms with Crippen molar-refractivity contribution < 1.29 is 9.53 Å². The molecule has 0 fully saturated rings. The molecule has 0 saturated carbocycles. The van der Waals surface area contributed by atoms with E-state index in [1.807, 2.05) is 60.7 Å². The molecule has 0 amide bonds. The summed E-state index contributed by atoms with van der Waals surface area (Å²) >= 11 is 3.41. The van der Waals surface area contributed by atoms with Gasteiger partial charge >= 0.3 is 5.97 Å². The number of hydrogen-bond donors (Lipinski definition) is 0. The molecule has 2 nitrogen and oxygen atoms in total. The molecule has 0 heterocycles. The molecule has 0 saturated heterocycles. The second-order valence-corrected chi connectivity index (χ2v) is 5.65. The van der Waals surface area contributed by atoms with Crippen molar-refractivity contribution in [1.29, 1.82) is 0 Å². The van der Waals surface area contributed by atoms with E-state index in [-0.39, 0.29) is 5.97 Å². The number of benzene rings is 2. The van der Waals surface area contributed by atoms with Crippen molar-refractivity contribution in [2.45, 2.75) is 5.41 Å². The minimum Gasteiger partial charge on any atom is -0.468 e. The Kier molecular flexibility index (Phi) is 3.22. The van der Waals surface area contributed by atoms with Crippen LogP contribution in [0, 0.1) is 0 Å².